The van der Waals surface area contributed by atoms with Crippen molar-refractivity contribution < 1.29 is 9.53 Å². The minimum Gasteiger partial charge on any atom is -0.367 e. The van der Waals surface area contributed by atoms with E-state index in [1.807, 2.05) is 54.0 Å². The molecule has 1 aliphatic heterocycles. The fraction of sp³-hybridized carbons (Fsp3) is 0.400. The maximum atomic E-state index is 13.2. The van der Waals surface area contributed by atoms with Gasteiger partial charge in [0.2, 0.25) is 0 Å². The van der Waals surface area contributed by atoms with Crippen LogP contribution < -0.4 is 0 Å². The number of amides is 1. The fourth-order valence-electron chi connectivity index (χ4n) is 3.77. The van der Waals surface area contributed by atoms with Crippen LogP contribution in [0.1, 0.15) is 34.9 Å². The molecular formula is C20H24N4O2. The average Bonchev–Trinajstić information content (AvgIpc) is 3.20. The molecule has 0 aliphatic carbocycles. The largest absolute Gasteiger partial charge is 0.367 e. The van der Waals surface area contributed by atoms with Gasteiger partial charge in [-0.05, 0) is 19.9 Å². The fourth-order valence-corrected chi connectivity index (χ4v) is 3.77. The minimum absolute atomic E-state index is 0.0626. The topological polar surface area (TPSA) is 52.3 Å². The molecule has 6 nitrogen and oxygen atoms in total. The van der Waals surface area contributed by atoms with E-state index < -0.39 is 0 Å². The van der Waals surface area contributed by atoms with Crippen molar-refractivity contribution >= 4 is 16.8 Å². The lowest BCUT2D eigenvalue weighted by molar-refractivity contribution is -0.0278. The normalized spacial score (nSPS) is 17.8. The second-order valence-corrected chi connectivity index (χ2v) is 6.81. The molecule has 26 heavy (non-hydrogen) atoms. The Balaban J connectivity index is 1.63. The number of aryl methyl sites for hydroxylation is 3. The number of hydrogen-bond acceptors (Lipinski definition) is 3. The van der Waals surface area contributed by atoms with Gasteiger partial charge in [-0.2, -0.15) is 0 Å². The first-order valence-corrected chi connectivity index (χ1v) is 9.07. The lowest BCUT2D eigenvalue weighted by Crippen LogP contribution is -2.42. The highest BCUT2D eigenvalue weighted by atomic mass is 16.5. The van der Waals surface area contributed by atoms with E-state index in [1.165, 1.54) is 0 Å². The van der Waals surface area contributed by atoms with Gasteiger partial charge in [0.1, 0.15) is 11.9 Å². The quantitative estimate of drug-likeness (QED) is 0.728. The zero-order valence-corrected chi connectivity index (χ0v) is 15.5. The van der Waals surface area contributed by atoms with E-state index in [9.17, 15) is 4.79 Å². The van der Waals surface area contributed by atoms with Crippen LogP contribution >= 0.6 is 0 Å². The number of nitrogens with zero attached hydrogens (tertiary/aromatic N) is 4. The summed E-state index contributed by atoms with van der Waals surface area (Å²) < 4.78 is 10.0. The number of rotatable bonds is 3. The molecule has 1 aliphatic rings. The molecule has 1 saturated heterocycles. The van der Waals surface area contributed by atoms with Crippen LogP contribution in [0.5, 0.6) is 0 Å². The van der Waals surface area contributed by atoms with Crippen LogP contribution in [-0.2, 0) is 18.3 Å². The van der Waals surface area contributed by atoms with Gasteiger partial charge in [-0.1, -0.05) is 18.2 Å². The summed E-state index contributed by atoms with van der Waals surface area (Å²) in [5.74, 6) is 0.934. The standard InChI is InChI=1S/C20H24N4O2/c1-4-23-12-16(15-7-5-6-8-17(15)23)20(25)24-9-10-26-18(13-24)19-21-14(2)11-22(19)3/h5-8,11-12,18H,4,9-10,13H2,1-3H3. The molecule has 0 bridgehead atoms. The maximum absolute atomic E-state index is 13.2. The van der Waals surface area contributed by atoms with Gasteiger partial charge in [-0.3, -0.25) is 4.79 Å². The zero-order valence-electron chi connectivity index (χ0n) is 15.5. The third-order valence-electron chi connectivity index (χ3n) is 5.03. The first kappa shape index (κ1) is 16.8. The van der Waals surface area contributed by atoms with Gasteiger partial charge in [-0.25, -0.2) is 4.98 Å². The smallest absolute Gasteiger partial charge is 0.256 e. The van der Waals surface area contributed by atoms with Crippen molar-refractivity contribution in [1.29, 1.82) is 0 Å². The Kier molecular flexibility index (Phi) is 4.28. The molecule has 136 valence electrons. The molecule has 1 atom stereocenters. The van der Waals surface area contributed by atoms with Crippen LogP contribution in [0.25, 0.3) is 10.9 Å². The minimum atomic E-state index is -0.189. The van der Waals surface area contributed by atoms with Crippen molar-refractivity contribution in [3.63, 3.8) is 0 Å². The van der Waals surface area contributed by atoms with E-state index in [0.717, 1.165) is 34.5 Å². The Labute approximate surface area is 153 Å². The van der Waals surface area contributed by atoms with Crippen molar-refractivity contribution in [3.8, 4) is 0 Å². The molecule has 0 N–H and O–H groups in total. The molecule has 2 aromatic heterocycles. The highest BCUT2D eigenvalue weighted by molar-refractivity contribution is 6.07. The molecule has 1 unspecified atom stereocenters. The summed E-state index contributed by atoms with van der Waals surface area (Å²) in [7, 11) is 1.97. The van der Waals surface area contributed by atoms with Crippen molar-refractivity contribution in [1.82, 2.24) is 19.0 Å². The summed E-state index contributed by atoms with van der Waals surface area (Å²) in [6.07, 6.45) is 3.77. The van der Waals surface area contributed by atoms with Crippen LogP contribution in [-0.4, -0.2) is 44.6 Å². The van der Waals surface area contributed by atoms with Gasteiger partial charge < -0.3 is 18.8 Å². The average molecular weight is 352 g/mol. The van der Waals surface area contributed by atoms with Crippen LogP contribution in [0, 0.1) is 6.92 Å². The van der Waals surface area contributed by atoms with E-state index in [4.69, 9.17) is 4.74 Å². The molecule has 6 heteroatoms. The number of carbonyl (C=O) groups is 1. The van der Waals surface area contributed by atoms with Crippen molar-refractivity contribution in [2.45, 2.75) is 26.5 Å². The van der Waals surface area contributed by atoms with E-state index in [2.05, 4.69) is 22.5 Å². The second-order valence-electron chi connectivity index (χ2n) is 6.81. The lowest BCUT2D eigenvalue weighted by Gasteiger charge is -2.32. The number of hydrogen-bond donors (Lipinski definition) is 0. The molecule has 1 aromatic carbocycles. The summed E-state index contributed by atoms with van der Waals surface area (Å²) in [6.45, 7) is 6.55. The van der Waals surface area contributed by atoms with Gasteiger partial charge in [-0.15, -0.1) is 0 Å². The maximum Gasteiger partial charge on any atom is 0.256 e. The van der Waals surface area contributed by atoms with Gasteiger partial charge in [0.25, 0.3) is 5.91 Å². The molecule has 3 heterocycles. The Hall–Kier alpha value is -2.60. The van der Waals surface area contributed by atoms with Gasteiger partial charge in [0, 0.05) is 43.4 Å². The lowest BCUT2D eigenvalue weighted by atomic mass is 10.1. The van der Waals surface area contributed by atoms with E-state index in [1.54, 1.807) is 0 Å². The number of morpholine rings is 1. The van der Waals surface area contributed by atoms with E-state index in [0.29, 0.717) is 19.7 Å². The van der Waals surface area contributed by atoms with Crippen LogP contribution in [0.2, 0.25) is 0 Å². The second kappa shape index (κ2) is 6.61. The Morgan fingerprint density at radius 1 is 1.31 bits per heavy atom. The van der Waals surface area contributed by atoms with E-state index >= 15 is 0 Å². The summed E-state index contributed by atoms with van der Waals surface area (Å²) in [5, 5.41) is 1.01. The number of aromatic nitrogens is 3. The molecular weight excluding hydrogens is 328 g/mol. The third kappa shape index (κ3) is 2.80. The molecule has 1 fully saturated rings. The number of carbonyl (C=O) groups excluding carboxylic acids is 1. The number of ether oxygens (including phenoxy) is 1. The Morgan fingerprint density at radius 2 is 2.12 bits per heavy atom. The first-order valence-electron chi connectivity index (χ1n) is 9.07. The highest BCUT2D eigenvalue weighted by Crippen LogP contribution is 2.26. The predicted octanol–water partition coefficient (Wildman–Crippen LogP) is 2.92. The van der Waals surface area contributed by atoms with Gasteiger partial charge in [0.05, 0.1) is 24.4 Å². The van der Waals surface area contributed by atoms with Crippen molar-refractivity contribution in [2.75, 3.05) is 19.7 Å². The van der Waals surface area contributed by atoms with Gasteiger partial charge in [0.15, 0.2) is 0 Å². The monoisotopic (exact) mass is 352 g/mol. The molecule has 0 saturated carbocycles. The molecule has 0 radical (unpaired) electrons. The molecule has 0 spiro atoms. The Morgan fingerprint density at radius 3 is 2.85 bits per heavy atom. The van der Waals surface area contributed by atoms with Crippen LogP contribution in [0.3, 0.4) is 0 Å². The summed E-state index contributed by atoms with van der Waals surface area (Å²) in [5.41, 5.74) is 2.82. The van der Waals surface area contributed by atoms with Crippen LogP contribution in [0.15, 0.2) is 36.7 Å². The third-order valence-corrected chi connectivity index (χ3v) is 5.03. The SMILES string of the molecule is CCn1cc(C(=O)N2CCOC(c3nc(C)cn3C)C2)c2ccccc21. The summed E-state index contributed by atoms with van der Waals surface area (Å²) in [4.78, 5) is 19.7. The molecule has 3 aromatic rings. The number of para-hydroxylation sites is 1. The summed E-state index contributed by atoms with van der Waals surface area (Å²) in [6, 6.07) is 8.08. The number of fused-ring (bicyclic) bond motifs is 1. The number of benzene rings is 1. The van der Waals surface area contributed by atoms with Crippen molar-refractivity contribution in [2.24, 2.45) is 7.05 Å². The van der Waals surface area contributed by atoms with Crippen LogP contribution in [0.4, 0.5) is 0 Å². The number of imidazole rings is 1. The first-order chi connectivity index (χ1) is 12.6. The summed E-state index contributed by atoms with van der Waals surface area (Å²) >= 11 is 0. The predicted molar refractivity (Wildman–Crippen MR) is 100 cm³/mol. The molecule has 4 rings (SSSR count). The Bertz CT molecular complexity index is 956. The van der Waals surface area contributed by atoms with E-state index in [-0.39, 0.29) is 12.0 Å². The van der Waals surface area contributed by atoms with Gasteiger partial charge >= 0.3 is 0 Å². The van der Waals surface area contributed by atoms with Crippen molar-refractivity contribution in [3.05, 3.63) is 53.7 Å². The molecule has 1 amide bonds. The highest BCUT2D eigenvalue weighted by Gasteiger charge is 2.30. The zero-order chi connectivity index (χ0) is 18.3.